The highest BCUT2D eigenvalue weighted by Gasteiger charge is 2.42. The van der Waals surface area contributed by atoms with Gasteiger partial charge in [0.2, 0.25) is 0 Å². The third-order valence-electron chi connectivity index (χ3n) is 4.13. The van der Waals surface area contributed by atoms with E-state index in [0.29, 0.717) is 12.7 Å². The van der Waals surface area contributed by atoms with Gasteiger partial charge < -0.3 is 10.1 Å². The molecular formula is C14H16F3NO. The first-order valence-corrected chi connectivity index (χ1v) is 6.63. The Labute approximate surface area is 109 Å². The van der Waals surface area contributed by atoms with Crippen LogP contribution in [-0.2, 0) is 4.74 Å². The minimum Gasteiger partial charge on any atom is -0.380 e. The molecule has 2 nitrogen and oxygen atoms in total. The van der Waals surface area contributed by atoms with Crippen molar-refractivity contribution in [3.63, 3.8) is 0 Å². The van der Waals surface area contributed by atoms with E-state index in [4.69, 9.17) is 4.74 Å². The molecule has 3 rings (SSSR count). The second kappa shape index (κ2) is 4.71. The lowest BCUT2D eigenvalue weighted by Crippen LogP contribution is -2.49. The van der Waals surface area contributed by atoms with E-state index in [1.165, 1.54) is 0 Å². The second-order valence-corrected chi connectivity index (χ2v) is 5.47. The van der Waals surface area contributed by atoms with Gasteiger partial charge in [0.15, 0.2) is 11.6 Å². The predicted octanol–water partition coefficient (Wildman–Crippen LogP) is 3.62. The summed E-state index contributed by atoms with van der Waals surface area (Å²) in [5, 5.41) is 2.98. The zero-order valence-electron chi connectivity index (χ0n) is 10.5. The summed E-state index contributed by atoms with van der Waals surface area (Å²) in [6.07, 6.45) is 4.77. The minimum atomic E-state index is -1.16. The Morgan fingerprint density at radius 1 is 1.11 bits per heavy atom. The number of ether oxygens (including phenoxy) is 1. The van der Waals surface area contributed by atoms with Crippen LogP contribution in [0.2, 0.25) is 0 Å². The number of anilines is 1. The van der Waals surface area contributed by atoms with Crippen molar-refractivity contribution in [1.29, 1.82) is 0 Å². The zero-order chi connectivity index (χ0) is 13.5. The first-order chi connectivity index (χ1) is 9.08. The van der Waals surface area contributed by atoms with Crippen LogP contribution < -0.4 is 5.32 Å². The molecule has 1 atom stereocenters. The van der Waals surface area contributed by atoms with E-state index >= 15 is 0 Å². The maximum Gasteiger partial charge on any atom is 0.161 e. The molecule has 1 spiro atoms. The van der Waals surface area contributed by atoms with Gasteiger partial charge >= 0.3 is 0 Å². The van der Waals surface area contributed by atoms with Gasteiger partial charge in [-0.25, -0.2) is 13.2 Å². The van der Waals surface area contributed by atoms with Crippen molar-refractivity contribution < 1.29 is 17.9 Å². The third kappa shape index (κ3) is 2.43. The Morgan fingerprint density at radius 3 is 2.53 bits per heavy atom. The third-order valence-corrected chi connectivity index (χ3v) is 4.13. The van der Waals surface area contributed by atoms with E-state index in [-0.39, 0.29) is 17.3 Å². The van der Waals surface area contributed by atoms with Crippen LogP contribution in [0.5, 0.6) is 0 Å². The van der Waals surface area contributed by atoms with Crippen LogP contribution >= 0.6 is 0 Å². The van der Waals surface area contributed by atoms with Crippen LogP contribution in [0.4, 0.5) is 18.9 Å². The molecule has 1 unspecified atom stereocenters. The van der Waals surface area contributed by atoms with Gasteiger partial charge in [0.1, 0.15) is 5.82 Å². The number of hydrogen-bond acceptors (Lipinski definition) is 2. The van der Waals surface area contributed by atoms with Crippen LogP contribution in [0.1, 0.15) is 32.1 Å². The molecule has 2 aliphatic rings. The van der Waals surface area contributed by atoms with Crippen molar-refractivity contribution in [3.05, 3.63) is 29.6 Å². The average molecular weight is 271 g/mol. The molecule has 0 radical (unpaired) electrons. The molecule has 1 aromatic carbocycles. The van der Waals surface area contributed by atoms with E-state index in [1.807, 2.05) is 0 Å². The molecule has 1 saturated carbocycles. The number of benzene rings is 1. The monoisotopic (exact) mass is 271 g/mol. The van der Waals surface area contributed by atoms with Crippen molar-refractivity contribution >= 4 is 5.69 Å². The van der Waals surface area contributed by atoms with Crippen LogP contribution in [0, 0.1) is 17.5 Å². The highest BCUT2D eigenvalue weighted by molar-refractivity contribution is 5.46. The SMILES string of the molecule is Fc1cc(F)c(NC2CCOC3(CCC3)C2)cc1F. The molecule has 1 saturated heterocycles. The lowest BCUT2D eigenvalue weighted by atomic mass is 9.74. The van der Waals surface area contributed by atoms with E-state index in [2.05, 4.69) is 5.32 Å². The minimum absolute atomic E-state index is 0.0280. The molecule has 0 amide bonds. The Hall–Kier alpha value is -1.23. The topological polar surface area (TPSA) is 21.3 Å². The summed E-state index contributed by atoms with van der Waals surface area (Å²) in [6, 6.07) is 1.51. The summed E-state index contributed by atoms with van der Waals surface area (Å²) >= 11 is 0. The summed E-state index contributed by atoms with van der Waals surface area (Å²) in [4.78, 5) is 0. The molecule has 0 bridgehead atoms. The molecule has 0 aromatic heterocycles. The van der Waals surface area contributed by atoms with E-state index in [0.717, 1.165) is 38.2 Å². The zero-order valence-corrected chi connectivity index (χ0v) is 10.5. The summed E-state index contributed by atoms with van der Waals surface area (Å²) in [5.74, 6) is -2.95. The Morgan fingerprint density at radius 2 is 1.84 bits per heavy atom. The Bertz CT molecular complexity index is 488. The van der Waals surface area contributed by atoms with Crippen LogP contribution in [-0.4, -0.2) is 18.2 Å². The highest BCUT2D eigenvalue weighted by atomic mass is 19.2. The first-order valence-electron chi connectivity index (χ1n) is 6.63. The van der Waals surface area contributed by atoms with E-state index in [1.54, 1.807) is 0 Å². The molecule has 1 aliphatic carbocycles. The maximum absolute atomic E-state index is 13.6. The van der Waals surface area contributed by atoms with E-state index in [9.17, 15) is 13.2 Å². The van der Waals surface area contributed by atoms with Crippen molar-refractivity contribution in [2.45, 2.75) is 43.7 Å². The van der Waals surface area contributed by atoms with Gasteiger partial charge in [-0.1, -0.05) is 0 Å². The van der Waals surface area contributed by atoms with Gasteiger partial charge in [0, 0.05) is 24.8 Å². The number of hydrogen-bond donors (Lipinski definition) is 1. The van der Waals surface area contributed by atoms with Gasteiger partial charge in [-0.15, -0.1) is 0 Å². The molecule has 1 aromatic rings. The van der Waals surface area contributed by atoms with Gasteiger partial charge in [-0.2, -0.15) is 0 Å². The van der Waals surface area contributed by atoms with Gasteiger partial charge in [0.25, 0.3) is 0 Å². The maximum atomic E-state index is 13.6. The molecular weight excluding hydrogens is 255 g/mol. The van der Waals surface area contributed by atoms with Crippen LogP contribution in [0.25, 0.3) is 0 Å². The first kappa shape index (κ1) is 12.8. The van der Waals surface area contributed by atoms with Crippen molar-refractivity contribution in [2.75, 3.05) is 11.9 Å². The molecule has 5 heteroatoms. The number of nitrogens with one attached hydrogen (secondary N) is 1. The predicted molar refractivity (Wildman–Crippen MR) is 65.5 cm³/mol. The fourth-order valence-corrected chi connectivity index (χ4v) is 2.92. The molecule has 19 heavy (non-hydrogen) atoms. The Balaban J connectivity index is 1.72. The fourth-order valence-electron chi connectivity index (χ4n) is 2.92. The summed E-state index contributed by atoms with van der Waals surface area (Å²) in [6.45, 7) is 0.628. The molecule has 1 heterocycles. The van der Waals surface area contributed by atoms with E-state index < -0.39 is 17.5 Å². The van der Waals surface area contributed by atoms with Crippen LogP contribution in [0.15, 0.2) is 12.1 Å². The average Bonchev–Trinajstić information content (AvgIpc) is 2.34. The summed E-state index contributed by atoms with van der Waals surface area (Å²) in [5.41, 5.74) is -0.0365. The highest BCUT2D eigenvalue weighted by Crippen LogP contribution is 2.43. The summed E-state index contributed by atoms with van der Waals surface area (Å²) in [7, 11) is 0. The van der Waals surface area contributed by atoms with Gasteiger partial charge in [-0.05, 0) is 32.1 Å². The smallest absolute Gasteiger partial charge is 0.161 e. The summed E-state index contributed by atoms with van der Waals surface area (Å²) < 4.78 is 45.3. The largest absolute Gasteiger partial charge is 0.380 e. The normalized spacial score (nSPS) is 25.1. The van der Waals surface area contributed by atoms with Crippen molar-refractivity contribution in [3.8, 4) is 0 Å². The lowest BCUT2D eigenvalue weighted by Gasteiger charge is -2.47. The number of rotatable bonds is 2. The molecule has 2 fully saturated rings. The fraction of sp³-hybridized carbons (Fsp3) is 0.571. The molecule has 1 aliphatic heterocycles. The Kier molecular flexibility index (Phi) is 3.17. The lowest BCUT2D eigenvalue weighted by molar-refractivity contribution is -0.130. The van der Waals surface area contributed by atoms with Crippen molar-refractivity contribution in [1.82, 2.24) is 0 Å². The second-order valence-electron chi connectivity index (χ2n) is 5.47. The van der Waals surface area contributed by atoms with Gasteiger partial charge in [-0.3, -0.25) is 0 Å². The van der Waals surface area contributed by atoms with Crippen LogP contribution in [0.3, 0.4) is 0 Å². The molecule has 104 valence electrons. The number of halogens is 3. The standard InChI is InChI=1S/C14H16F3NO/c15-10-6-12(17)13(7-11(10)16)18-9-2-5-19-14(8-9)3-1-4-14/h6-7,9,18H,1-5,8H2. The van der Waals surface area contributed by atoms with Gasteiger partial charge in [0.05, 0.1) is 11.3 Å². The molecule has 1 N–H and O–H groups in total. The quantitative estimate of drug-likeness (QED) is 0.829. The van der Waals surface area contributed by atoms with Crippen molar-refractivity contribution in [2.24, 2.45) is 0 Å².